The molecule has 1 spiro atoms. The molecule has 0 bridgehead atoms. The summed E-state index contributed by atoms with van der Waals surface area (Å²) >= 11 is 25.3. The van der Waals surface area contributed by atoms with E-state index in [4.69, 9.17) is 51.1 Å². The van der Waals surface area contributed by atoms with Crippen molar-refractivity contribution < 1.29 is 19.1 Å². The average molecular weight is 597 g/mol. The van der Waals surface area contributed by atoms with E-state index < -0.39 is 35.3 Å². The molecule has 0 radical (unpaired) electrons. The van der Waals surface area contributed by atoms with Crippen LogP contribution in [0.4, 0.5) is 11.4 Å². The number of ether oxygens (including phenoxy) is 1. The molecule has 200 valence electrons. The van der Waals surface area contributed by atoms with Gasteiger partial charge in [-0.2, -0.15) is 0 Å². The molecule has 2 aromatic rings. The van der Waals surface area contributed by atoms with Gasteiger partial charge in [0.2, 0.25) is 5.91 Å². The van der Waals surface area contributed by atoms with E-state index in [1.807, 2.05) is 4.90 Å². The lowest BCUT2D eigenvalue weighted by atomic mass is 9.74. The minimum Gasteiger partial charge on any atom is -0.461 e. The van der Waals surface area contributed by atoms with Crippen LogP contribution < -0.4 is 10.2 Å². The third-order valence-corrected chi connectivity index (χ3v) is 8.68. The smallest absolute Gasteiger partial charge is 0.312 e. The van der Waals surface area contributed by atoms with Crippen molar-refractivity contribution in [3.05, 3.63) is 68.6 Å². The molecular formula is C27H25Cl4N3O4. The van der Waals surface area contributed by atoms with Gasteiger partial charge < -0.3 is 15.0 Å². The van der Waals surface area contributed by atoms with Crippen LogP contribution in [-0.4, -0.2) is 48.9 Å². The van der Waals surface area contributed by atoms with Crippen molar-refractivity contribution >= 4 is 75.6 Å². The minimum atomic E-state index is -1.53. The number of nitrogens with one attached hydrogen (secondary N) is 1. The van der Waals surface area contributed by atoms with E-state index >= 15 is 0 Å². The molecule has 11 heteroatoms. The lowest BCUT2D eigenvalue weighted by Gasteiger charge is -2.40. The number of nitrogens with zero attached hydrogens (tertiary/aromatic N) is 2. The van der Waals surface area contributed by atoms with Crippen molar-refractivity contribution in [2.75, 3.05) is 30.4 Å². The number of amides is 2. The lowest BCUT2D eigenvalue weighted by molar-refractivity contribution is -0.157. The van der Waals surface area contributed by atoms with Crippen molar-refractivity contribution in [1.82, 2.24) is 4.90 Å². The highest BCUT2D eigenvalue weighted by atomic mass is 35.5. The maximum Gasteiger partial charge on any atom is 0.312 e. The lowest BCUT2D eigenvalue weighted by Crippen LogP contribution is -2.55. The zero-order valence-electron chi connectivity index (χ0n) is 20.5. The molecule has 0 aromatic heterocycles. The predicted molar refractivity (Wildman–Crippen MR) is 149 cm³/mol. The number of piperidine rings is 1. The standard InChI is InChI=1S/C27H25Cl4N3O4/c1-3-8-38-25(36)22-21(24(35)33(2)17-10-14(28)9-15(29)11-17)20-6-4-5-7-34(20)27(22)18-12-16(30)13-19(31)23(18)32-26(27)37/h3,9-13,20-22H,1,4-8H2,2H3,(H,32,37)/t20-,21+,22-,27+/m1/s1. The summed E-state index contributed by atoms with van der Waals surface area (Å²) in [6.45, 7) is 4.07. The summed E-state index contributed by atoms with van der Waals surface area (Å²) in [5.41, 5.74) is -0.206. The molecule has 3 aliphatic heterocycles. The maximum absolute atomic E-state index is 14.3. The topological polar surface area (TPSA) is 79.0 Å². The van der Waals surface area contributed by atoms with E-state index in [1.165, 1.54) is 17.0 Å². The Labute approximate surface area is 240 Å². The Hall–Kier alpha value is -2.29. The Morgan fingerprint density at radius 3 is 2.50 bits per heavy atom. The molecule has 2 amide bonds. The molecular weight excluding hydrogens is 572 g/mol. The van der Waals surface area contributed by atoms with Crippen LogP contribution >= 0.6 is 46.4 Å². The van der Waals surface area contributed by atoms with E-state index in [0.717, 1.165) is 12.8 Å². The highest BCUT2D eigenvalue weighted by Gasteiger charge is 2.71. The minimum absolute atomic E-state index is 0.0679. The Kier molecular flexibility index (Phi) is 7.44. The molecule has 3 heterocycles. The number of fused-ring (bicyclic) bond motifs is 4. The highest BCUT2D eigenvalue weighted by molar-refractivity contribution is 6.38. The molecule has 0 unspecified atom stereocenters. The summed E-state index contributed by atoms with van der Waals surface area (Å²) in [5, 5.41) is 4.18. The van der Waals surface area contributed by atoms with E-state index in [1.54, 1.807) is 31.3 Å². The van der Waals surface area contributed by atoms with Crippen LogP contribution in [0.1, 0.15) is 24.8 Å². The normalized spacial score (nSPS) is 26.0. The molecule has 2 saturated heterocycles. The number of benzene rings is 2. The first kappa shape index (κ1) is 27.3. The van der Waals surface area contributed by atoms with Gasteiger partial charge in [0, 0.05) is 39.4 Å². The first-order valence-electron chi connectivity index (χ1n) is 12.2. The Bertz CT molecular complexity index is 1330. The molecule has 2 fully saturated rings. The molecule has 0 saturated carbocycles. The van der Waals surface area contributed by atoms with Crippen molar-refractivity contribution in [1.29, 1.82) is 0 Å². The van der Waals surface area contributed by atoms with Gasteiger partial charge in [-0.3, -0.25) is 19.3 Å². The van der Waals surface area contributed by atoms with Gasteiger partial charge in [0.1, 0.15) is 18.1 Å². The van der Waals surface area contributed by atoms with Crippen LogP contribution in [0.5, 0.6) is 0 Å². The van der Waals surface area contributed by atoms with E-state index in [0.29, 0.717) is 45.0 Å². The number of carbonyl (C=O) groups is 3. The van der Waals surface area contributed by atoms with Gasteiger partial charge >= 0.3 is 5.97 Å². The Morgan fingerprint density at radius 1 is 1.13 bits per heavy atom. The fourth-order valence-electron chi connectivity index (χ4n) is 6.29. The van der Waals surface area contributed by atoms with Crippen LogP contribution in [0, 0.1) is 11.8 Å². The second kappa shape index (κ2) is 10.4. The number of hydrogen-bond acceptors (Lipinski definition) is 5. The average Bonchev–Trinajstić information content (AvgIpc) is 3.34. The van der Waals surface area contributed by atoms with Crippen LogP contribution in [0.3, 0.4) is 0 Å². The number of rotatable bonds is 5. The van der Waals surface area contributed by atoms with Crippen LogP contribution in [-0.2, 0) is 24.7 Å². The Morgan fingerprint density at radius 2 is 1.82 bits per heavy atom. The van der Waals surface area contributed by atoms with Crippen molar-refractivity contribution in [3.63, 3.8) is 0 Å². The number of carbonyl (C=O) groups excluding carboxylic acids is 3. The summed E-state index contributed by atoms with van der Waals surface area (Å²) in [7, 11) is 1.60. The quantitative estimate of drug-likeness (QED) is 0.341. The van der Waals surface area contributed by atoms with Crippen molar-refractivity contribution in [3.8, 4) is 0 Å². The van der Waals surface area contributed by atoms with Crippen LogP contribution in [0.2, 0.25) is 20.1 Å². The van der Waals surface area contributed by atoms with Gasteiger partial charge in [0.05, 0.1) is 16.6 Å². The summed E-state index contributed by atoms with van der Waals surface area (Å²) in [6.07, 6.45) is 3.70. The van der Waals surface area contributed by atoms with E-state index in [-0.39, 0.29) is 17.5 Å². The van der Waals surface area contributed by atoms with Crippen molar-refractivity contribution in [2.45, 2.75) is 30.8 Å². The highest BCUT2D eigenvalue weighted by Crippen LogP contribution is 2.59. The van der Waals surface area contributed by atoms with Gasteiger partial charge in [-0.05, 0) is 49.7 Å². The molecule has 4 atom stereocenters. The zero-order valence-corrected chi connectivity index (χ0v) is 23.5. The fraction of sp³-hybridized carbons (Fsp3) is 0.370. The van der Waals surface area contributed by atoms with Gasteiger partial charge in [0.15, 0.2) is 0 Å². The summed E-state index contributed by atoms with van der Waals surface area (Å²) in [4.78, 5) is 45.6. The van der Waals surface area contributed by atoms with Gasteiger partial charge in [-0.1, -0.05) is 65.5 Å². The molecule has 3 aliphatic rings. The van der Waals surface area contributed by atoms with Gasteiger partial charge in [0.25, 0.3) is 5.91 Å². The van der Waals surface area contributed by atoms with Crippen molar-refractivity contribution in [2.24, 2.45) is 11.8 Å². The monoisotopic (exact) mass is 595 g/mol. The summed E-state index contributed by atoms with van der Waals surface area (Å²) < 4.78 is 5.55. The van der Waals surface area contributed by atoms with Gasteiger partial charge in [-0.25, -0.2) is 0 Å². The third kappa shape index (κ3) is 4.20. The first-order chi connectivity index (χ1) is 18.1. The number of hydrogen-bond donors (Lipinski definition) is 1. The number of anilines is 2. The molecule has 7 nitrogen and oxygen atoms in total. The van der Waals surface area contributed by atoms with Crippen LogP contribution in [0.15, 0.2) is 43.0 Å². The largest absolute Gasteiger partial charge is 0.461 e. The SMILES string of the molecule is C=CCOC(=O)[C@H]1[C@@H](C(=O)N(C)c2cc(Cl)cc(Cl)c2)[C@H]2CCCCN2[C@]12C(=O)Nc1c(Cl)cc(Cl)cc12. The third-order valence-electron chi connectivity index (χ3n) is 7.72. The summed E-state index contributed by atoms with van der Waals surface area (Å²) in [6, 6.07) is 7.58. The molecule has 38 heavy (non-hydrogen) atoms. The number of halogens is 4. The second-order valence-electron chi connectivity index (χ2n) is 9.73. The Balaban J connectivity index is 1.71. The molecule has 5 rings (SSSR count). The van der Waals surface area contributed by atoms with E-state index in [9.17, 15) is 14.4 Å². The van der Waals surface area contributed by atoms with E-state index in [2.05, 4.69) is 11.9 Å². The predicted octanol–water partition coefficient (Wildman–Crippen LogP) is 5.94. The first-order valence-corrected chi connectivity index (χ1v) is 13.7. The zero-order chi connectivity index (χ0) is 27.4. The molecule has 1 N–H and O–H groups in total. The fourth-order valence-corrected chi connectivity index (χ4v) is 7.35. The summed E-state index contributed by atoms with van der Waals surface area (Å²) in [5.74, 6) is -3.55. The second-order valence-corrected chi connectivity index (χ2v) is 11.5. The molecule has 2 aromatic carbocycles. The maximum atomic E-state index is 14.3. The van der Waals surface area contributed by atoms with Crippen LogP contribution in [0.25, 0.3) is 0 Å². The number of esters is 1. The molecule has 0 aliphatic carbocycles. The van der Waals surface area contributed by atoms with Gasteiger partial charge in [-0.15, -0.1) is 0 Å².